The predicted octanol–water partition coefficient (Wildman–Crippen LogP) is 5.24. The van der Waals surface area contributed by atoms with Crippen LogP contribution in [0.25, 0.3) is 0 Å². The molecule has 0 aliphatic rings. The summed E-state index contributed by atoms with van der Waals surface area (Å²) in [4.78, 5) is 0. The summed E-state index contributed by atoms with van der Waals surface area (Å²) in [6.45, 7) is 8.54. The number of thiocarbonyl (C=S) groups is 1. The molecule has 0 aromatic heterocycles. The summed E-state index contributed by atoms with van der Waals surface area (Å²) in [5.41, 5.74) is 5.79. The minimum atomic E-state index is 0.541. The van der Waals surface area contributed by atoms with Crippen molar-refractivity contribution in [1.29, 1.82) is 0 Å². The maximum Gasteiger partial charge on any atom is 0.175 e. The van der Waals surface area contributed by atoms with Gasteiger partial charge < -0.3 is 10.6 Å². The molecule has 0 heterocycles. The van der Waals surface area contributed by atoms with Crippen LogP contribution in [0.1, 0.15) is 36.5 Å². The van der Waals surface area contributed by atoms with Crippen molar-refractivity contribution >= 4 is 28.7 Å². The minimum Gasteiger partial charge on any atom is -0.332 e. The van der Waals surface area contributed by atoms with Crippen LogP contribution in [-0.4, -0.2) is 5.11 Å². The largest absolute Gasteiger partial charge is 0.332 e. The molecule has 110 valence electrons. The molecule has 0 atom stereocenters. The lowest BCUT2D eigenvalue weighted by atomic mass is 10.0. The number of aryl methyl sites for hydroxylation is 2. The van der Waals surface area contributed by atoms with Gasteiger partial charge in [-0.3, -0.25) is 0 Å². The lowest BCUT2D eigenvalue weighted by Gasteiger charge is -2.15. The van der Waals surface area contributed by atoms with E-state index < -0.39 is 0 Å². The summed E-state index contributed by atoms with van der Waals surface area (Å²) < 4.78 is 0. The third-order valence-electron chi connectivity index (χ3n) is 3.55. The molecule has 0 spiro atoms. The smallest absolute Gasteiger partial charge is 0.175 e. The van der Waals surface area contributed by atoms with Crippen molar-refractivity contribution in [1.82, 2.24) is 0 Å². The Morgan fingerprint density at radius 3 is 2.00 bits per heavy atom. The van der Waals surface area contributed by atoms with E-state index in [9.17, 15) is 0 Å². The van der Waals surface area contributed by atoms with Crippen LogP contribution in [0.2, 0.25) is 0 Å². The fraction of sp³-hybridized carbons (Fsp3) is 0.278. The van der Waals surface area contributed by atoms with E-state index in [-0.39, 0.29) is 0 Å². The van der Waals surface area contributed by atoms with Crippen LogP contribution < -0.4 is 10.6 Å². The first-order valence-corrected chi connectivity index (χ1v) is 7.62. The molecule has 0 unspecified atom stereocenters. The second kappa shape index (κ2) is 6.72. The van der Waals surface area contributed by atoms with Crippen LogP contribution in [0.3, 0.4) is 0 Å². The van der Waals surface area contributed by atoms with E-state index in [4.69, 9.17) is 12.2 Å². The second-order valence-electron chi connectivity index (χ2n) is 5.62. The Morgan fingerprint density at radius 1 is 0.905 bits per heavy atom. The summed E-state index contributed by atoms with van der Waals surface area (Å²) in [5, 5.41) is 7.13. The molecule has 0 aliphatic heterocycles. The number of nitrogens with one attached hydrogen (secondary N) is 2. The fourth-order valence-electron chi connectivity index (χ4n) is 2.24. The van der Waals surface area contributed by atoms with Crippen LogP contribution in [0.15, 0.2) is 42.5 Å². The van der Waals surface area contributed by atoms with Crippen molar-refractivity contribution in [2.24, 2.45) is 0 Å². The third-order valence-corrected chi connectivity index (χ3v) is 3.76. The summed E-state index contributed by atoms with van der Waals surface area (Å²) in [6, 6.07) is 14.6. The Kier molecular flexibility index (Phi) is 4.97. The summed E-state index contributed by atoms with van der Waals surface area (Å²) in [5.74, 6) is 0.541. The molecule has 2 N–H and O–H groups in total. The van der Waals surface area contributed by atoms with Crippen molar-refractivity contribution in [2.45, 2.75) is 33.6 Å². The third kappa shape index (κ3) is 4.05. The molecular weight excluding hydrogens is 276 g/mol. The highest BCUT2D eigenvalue weighted by Gasteiger charge is 2.05. The van der Waals surface area contributed by atoms with Gasteiger partial charge in [-0.15, -0.1) is 0 Å². The van der Waals surface area contributed by atoms with Gasteiger partial charge >= 0.3 is 0 Å². The standard InChI is InChI=1S/C18H22N2S/c1-12(2)15-8-10-16(11-9-15)19-18(21)20-17-13(3)6-5-7-14(17)4/h5-12H,1-4H3,(H2,19,20,21). The highest BCUT2D eigenvalue weighted by molar-refractivity contribution is 7.80. The van der Waals surface area contributed by atoms with Crippen LogP contribution in [0, 0.1) is 13.8 Å². The van der Waals surface area contributed by atoms with Crippen LogP contribution >= 0.6 is 12.2 Å². The predicted molar refractivity (Wildman–Crippen MR) is 96.3 cm³/mol. The van der Waals surface area contributed by atoms with Gasteiger partial charge in [-0.25, -0.2) is 0 Å². The van der Waals surface area contributed by atoms with E-state index in [0.717, 1.165) is 11.4 Å². The first-order valence-electron chi connectivity index (χ1n) is 7.21. The zero-order valence-electron chi connectivity index (χ0n) is 13.0. The van der Waals surface area contributed by atoms with Crippen LogP contribution in [-0.2, 0) is 0 Å². The van der Waals surface area contributed by atoms with Gasteiger partial charge in [0.1, 0.15) is 0 Å². The molecule has 2 aromatic rings. The molecule has 21 heavy (non-hydrogen) atoms. The van der Waals surface area contributed by atoms with Gasteiger partial charge in [-0.2, -0.15) is 0 Å². The van der Waals surface area contributed by atoms with Crippen LogP contribution in [0.4, 0.5) is 11.4 Å². The topological polar surface area (TPSA) is 24.1 Å². The van der Waals surface area contributed by atoms with Gasteiger partial charge in [0, 0.05) is 11.4 Å². The quantitative estimate of drug-likeness (QED) is 0.758. The molecular formula is C18H22N2S. The van der Waals surface area contributed by atoms with Gasteiger partial charge in [-0.05, 0) is 60.8 Å². The van der Waals surface area contributed by atoms with Gasteiger partial charge in [-0.1, -0.05) is 44.2 Å². The zero-order valence-corrected chi connectivity index (χ0v) is 13.8. The average molecular weight is 298 g/mol. The molecule has 3 heteroatoms. The molecule has 0 aliphatic carbocycles. The van der Waals surface area contributed by atoms with E-state index in [2.05, 4.69) is 80.8 Å². The Morgan fingerprint density at radius 2 is 1.48 bits per heavy atom. The number of benzene rings is 2. The summed E-state index contributed by atoms with van der Waals surface area (Å²) >= 11 is 5.40. The Balaban J connectivity index is 2.05. The number of anilines is 2. The first-order chi connectivity index (χ1) is 9.97. The SMILES string of the molecule is Cc1cccc(C)c1NC(=S)Nc1ccc(C(C)C)cc1. The van der Waals surface area contributed by atoms with E-state index in [1.54, 1.807) is 0 Å². The minimum absolute atomic E-state index is 0.541. The van der Waals surface area contributed by atoms with Crippen molar-refractivity contribution in [2.75, 3.05) is 10.6 Å². The summed E-state index contributed by atoms with van der Waals surface area (Å²) in [6.07, 6.45) is 0. The highest BCUT2D eigenvalue weighted by Crippen LogP contribution is 2.20. The van der Waals surface area contributed by atoms with Crippen molar-refractivity contribution in [3.05, 3.63) is 59.2 Å². The molecule has 2 nitrogen and oxygen atoms in total. The van der Waals surface area contributed by atoms with E-state index >= 15 is 0 Å². The number of hydrogen-bond acceptors (Lipinski definition) is 1. The fourth-order valence-corrected chi connectivity index (χ4v) is 2.46. The molecule has 2 aromatic carbocycles. The molecule has 0 bridgehead atoms. The molecule has 0 saturated heterocycles. The van der Waals surface area contributed by atoms with Gasteiger partial charge in [0.2, 0.25) is 0 Å². The lowest BCUT2D eigenvalue weighted by molar-refractivity contribution is 0.867. The van der Waals surface area contributed by atoms with E-state index in [0.29, 0.717) is 11.0 Å². The molecule has 2 rings (SSSR count). The first kappa shape index (κ1) is 15.5. The monoisotopic (exact) mass is 298 g/mol. The second-order valence-corrected chi connectivity index (χ2v) is 6.03. The molecule has 0 saturated carbocycles. The Bertz CT molecular complexity index is 610. The molecule has 0 fully saturated rings. The average Bonchev–Trinajstić information content (AvgIpc) is 2.43. The zero-order chi connectivity index (χ0) is 15.4. The van der Waals surface area contributed by atoms with Crippen molar-refractivity contribution in [3.63, 3.8) is 0 Å². The highest BCUT2D eigenvalue weighted by atomic mass is 32.1. The lowest BCUT2D eigenvalue weighted by Crippen LogP contribution is -2.20. The summed E-state index contributed by atoms with van der Waals surface area (Å²) in [7, 11) is 0. The normalized spacial score (nSPS) is 10.5. The van der Waals surface area contributed by atoms with Crippen molar-refractivity contribution in [3.8, 4) is 0 Å². The van der Waals surface area contributed by atoms with Gasteiger partial charge in [0.25, 0.3) is 0 Å². The van der Waals surface area contributed by atoms with Gasteiger partial charge in [0.15, 0.2) is 5.11 Å². The number of rotatable bonds is 3. The molecule has 0 radical (unpaired) electrons. The number of para-hydroxylation sites is 1. The molecule has 0 amide bonds. The van der Waals surface area contributed by atoms with Crippen molar-refractivity contribution < 1.29 is 0 Å². The van der Waals surface area contributed by atoms with Gasteiger partial charge in [0.05, 0.1) is 0 Å². The number of hydrogen-bond donors (Lipinski definition) is 2. The maximum absolute atomic E-state index is 5.40. The Hall–Kier alpha value is -1.87. The van der Waals surface area contributed by atoms with E-state index in [1.807, 2.05) is 0 Å². The maximum atomic E-state index is 5.40. The Labute approximate surface area is 132 Å². The van der Waals surface area contributed by atoms with Crippen LogP contribution in [0.5, 0.6) is 0 Å². The van der Waals surface area contributed by atoms with E-state index in [1.165, 1.54) is 16.7 Å².